The molecule has 1 aromatic heterocycles. The molecule has 1 aliphatic heterocycles. The quantitative estimate of drug-likeness (QED) is 0.833. The fourth-order valence-corrected chi connectivity index (χ4v) is 2.88. The fourth-order valence-electron chi connectivity index (χ4n) is 2.88. The number of hydrogen-bond acceptors (Lipinski definition) is 2. The number of aromatic nitrogens is 1. The summed E-state index contributed by atoms with van der Waals surface area (Å²) in [5.74, 6) is 0.850. The van der Waals surface area contributed by atoms with E-state index in [2.05, 4.69) is 23.7 Å². The monoisotopic (exact) mass is 260 g/mol. The van der Waals surface area contributed by atoms with Crippen LogP contribution in [-0.4, -0.2) is 28.4 Å². The summed E-state index contributed by atoms with van der Waals surface area (Å²) in [6.07, 6.45) is 6.69. The smallest absolute Gasteiger partial charge is 0.223 e. The maximum atomic E-state index is 12.4. The molecule has 1 unspecified atom stereocenters. The lowest BCUT2D eigenvalue weighted by atomic mass is 9.92. The number of likely N-dealkylation sites (tertiary alicyclic amines) is 1. The minimum Gasteiger partial charge on any atom is -0.339 e. The predicted octanol–water partition coefficient (Wildman–Crippen LogP) is 3.05. The van der Waals surface area contributed by atoms with Gasteiger partial charge in [-0.3, -0.25) is 9.78 Å². The Kier molecular flexibility index (Phi) is 4.94. The molecule has 0 spiro atoms. The van der Waals surface area contributed by atoms with Gasteiger partial charge in [0.05, 0.1) is 0 Å². The lowest BCUT2D eigenvalue weighted by molar-refractivity contribution is -0.136. The van der Waals surface area contributed by atoms with Crippen LogP contribution in [-0.2, 0) is 11.2 Å². The molecule has 19 heavy (non-hydrogen) atoms. The average Bonchev–Trinajstić information content (AvgIpc) is 2.46. The van der Waals surface area contributed by atoms with E-state index in [1.54, 1.807) is 6.20 Å². The zero-order chi connectivity index (χ0) is 13.7. The van der Waals surface area contributed by atoms with Crippen LogP contribution in [0, 0.1) is 5.92 Å². The first-order valence-corrected chi connectivity index (χ1v) is 7.38. The second-order valence-electron chi connectivity index (χ2n) is 5.72. The summed E-state index contributed by atoms with van der Waals surface area (Å²) in [5.41, 5.74) is 1.01. The highest BCUT2D eigenvalue weighted by atomic mass is 16.2. The molecule has 0 aromatic carbocycles. The van der Waals surface area contributed by atoms with Crippen molar-refractivity contribution in [1.82, 2.24) is 9.88 Å². The second-order valence-corrected chi connectivity index (χ2v) is 5.72. The number of rotatable bonds is 4. The number of hydrogen-bond donors (Lipinski definition) is 0. The topological polar surface area (TPSA) is 33.2 Å². The highest BCUT2D eigenvalue weighted by molar-refractivity contribution is 5.76. The molecule has 1 amide bonds. The van der Waals surface area contributed by atoms with Crippen LogP contribution in [0.1, 0.15) is 45.2 Å². The highest BCUT2D eigenvalue weighted by Gasteiger charge is 2.28. The molecule has 1 aliphatic rings. The van der Waals surface area contributed by atoms with Crippen LogP contribution in [0.25, 0.3) is 0 Å². The first kappa shape index (κ1) is 14.0. The number of piperidine rings is 1. The molecule has 1 aromatic rings. The van der Waals surface area contributed by atoms with Crippen molar-refractivity contribution in [3.63, 3.8) is 0 Å². The summed E-state index contributed by atoms with van der Waals surface area (Å²) in [7, 11) is 0. The van der Waals surface area contributed by atoms with Gasteiger partial charge in [0.2, 0.25) is 5.91 Å². The van der Waals surface area contributed by atoms with E-state index < -0.39 is 0 Å². The number of amides is 1. The van der Waals surface area contributed by atoms with Crippen LogP contribution in [0.4, 0.5) is 0 Å². The van der Waals surface area contributed by atoms with E-state index in [1.807, 2.05) is 18.2 Å². The fraction of sp³-hybridized carbons (Fsp3) is 0.625. The standard InChI is InChI=1S/C16H24N2O/c1-13(2)15-8-4-6-12-18(15)16(19)10-9-14-7-3-5-11-17-14/h3,5,7,11,13,15H,4,6,8-10,12H2,1-2H3. The summed E-state index contributed by atoms with van der Waals surface area (Å²) < 4.78 is 0. The van der Waals surface area contributed by atoms with E-state index in [0.717, 1.165) is 31.5 Å². The van der Waals surface area contributed by atoms with Crippen LogP contribution >= 0.6 is 0 Å². The van der Waals surface area contributed by atoms with Gasteiger partial charge in [0.15, 0.2) is 0 Å². The minimum atomic E-state index is 0.295. The summed E-state index contributed by atoms with van der Waals surface area (Å²) in [6.45, 7) is 5.37. The van der Waals surface area contributed by atoms with Crippen molar-refractivity contribution in [3.8, 4) is 0 Å². The van der Waals surface area contributed by atoms with Gasteiger partial charge in [-0.1, -0.05) is 19.9 Å². The van der Waals surface area contributed by atoms with Gasteiger partial charge >= 0.3 is 0 Å². The molecular weight excluding hydrogens is 236 g/mol. The summed E-state index contributed by atoms with van der Waals surface area (Å²) in [4.78, 5) is 18.8. The van der Waals surface area contributed by atoms with Gasteiger partial charge in [-0.2, -0.15) is 0 Å². The van der Waals surface area contributed by atoms with Crippen molar-refractivity contribution in [3.05, 3.63) is 30.1 Å². The Hall–Kier alpha value is -1.38. The van der Waals surface area contributed by atoms with Crippen LogP contribution in [0.2, 0.25) is 0 Å². The molecule has 1 saturated heterocycles. The summed E-state index contributed by atoms with van der Waals surface area (Å²) in [6, 6.07) is 6.31. The number of carbonyl (C=O) groups excluding carboxylic acids is 1. The van der Waals surface area contributed by atoms with E-state index >= 15 is 0 Å². The molecular formula is C16H24N2O. The van der Waals surface area contributed by atoms with Crippen molar-refractivity contribution >= 4 is 5.91 Å². The Morgan fingerprint density at radius 1 is 1.42 bits per heavy atom. The van der Waals surface area contributed by atoms with Gasteiger partial charge in [0, 0.05) is 30.9 Å². The number of carbonyl (C=O) groups is 1. The zero-order valence-electron chi connectivity index (χ0n) is 12.0. The summed E-state index contributed by atoms with van der Waals surface area (Å²) in [5, 5.41) is 0. The van der Waals surface area contributed by atoms with Crippen molar-refractivity contribution in [2.24, 2.45) is 5.92 Å². The first-order valence-electron chi connectivity index (χ1n) is 7.38. The Labute approximate surface area is 116 Å². The normalized spacial score (nSPS) is 19.7. The largest absolute Gasteiger partial charge is 0.339 e. The number of aryl methyl sites for hydroxylation is 1. The SMILES string of the molecule is CC(C)C1CCCCN1C(=O)CCc1ccccn1. The van der Waals surface area contributed by atoms with Crippen LogP contribution < -0.4 is 0 Å². The molecule has 1 fully saturated rings. The third-order valence-electron chi connectivity index (χ3n) is 3.96. The highest BCUT2D eigenvalue weighted by Crippen LogP contribution is 2.24. The van der Waals surface area contributed by atoms with Gasteiger partial charge in [0.1, 0.15) is 0 Å². The lowest BCUT2D eigenvalue weighted by Crippen LogP contribution is -2.46. The summed E-state index contributed by atoms with van der Waals surface area (Å²) >= 11 is 0. The number of nitrogens with zero attached hydrogens (tertiary/aromatic N) is 2. The maximum absolute atomic E-state index is 12.4. The van der Waals surface area contributed by atoms with Crippen molar-refractivity contribution in [2.45, 2.75) is 52.0 Å². The molecule has 0 radical (unpaired) electrons. The molecule has 2 rings (SSSR count). The molecule has 0 bridgehead atoms. The zero-order valence-corrected chi connectivity index (χ0v) is 12.0. The van der Waals surface area contributed by atoms with Gasteiger partial charge in [-0.05, 0) is 43.7 Å². The number of pyridine rings is 1. The first-order chi connectivity index (χ1) is 9.18. The Balaban J connectivity index is 1.91. The van der Waals surface area contributed by atoms with Crippen molar-refractivity contribution in [1.29, 1.82) is 0 Å². The third-order valence-corrected chi connectivity index (χ3v) is 3.96. The molecule has 104 valence electrons. The molecule has 1 atom stereocenters. The van der Waals surface area contributed by atoms with Gasteiger partial charge in [-0.15, -0.1) is 0 Å². The second kappa shape index (κ2) is 6.69. The molecule has 0 N–H and O–H groups in total. The molecule has 2 heterocycles. The predicted molar refractivity (Wildman–Crippen MR) is 76.7 cm³/mol. The minimum absolute atomic E-state index is 0.295. The van der Waals surface area contributed by atoms with Crippen LogP contribution in [0.3, 0.4) is 0 Å². The third kappa shape index (κ3) is 3.79. The molecule has 3 heteroatoms. The van der Waals surface area contributed by atoms with Crippen LogP contribution in [0.15, 0.2) is 24.4 Å². The van der Waals surface area contributed by atoms with E-state index in [9.17, 15) is 4.79 Å². The Morgan fingerprint density at radius 3 is 2.95 bits per heavy atom. The van der Waals surface area contributed by atoms with Gasteiger partial charge < -0.3 is 4.90 Å². The Morgan fingerprint density at radius 2 is 2.26 bits per heavy atom. The lowest BCUT2D eigenvalue weighted by Gasteiger charge is -2.38. The maximum Gasteiger partial charge on any atom is 0.223 e. The van der Waals surface area contributed by atoms with Crippen molar-refractivity contribution in [2.75, 3.05) is 6.54 Å². The van der Waals surface area contributed by atoms with Gasteiger partial charge in [-0.25, -0.2) is 0 Å². The van der Waals surface area contributed by atoms with E-state index in [4.69, 9.17) is 0 Å². The molecule has 0 saturated carbocycles. The van der Waals surface area contributed by atoms with E-state index in [-0.39, 0.29) is 0 Å². The van der Waals surface area contributed by atoms with Gasteiger partial charge in [0.25, 0.3) is 0 Å². The van der Waals surface area contributed by atoms with E-state index in [0.29, 0.717) is 24.3 Å². The average molecular weight is 260 g/mol. The van der Waals surface area contributed by atoms with Crippen molar-refractivity contribution < 1.29 is 4.79 Å². The molecule has 3 nitrogen and oxygen atoms in total. The van der Waals surface area contributed by atoms with E-state index in [1.165, 1.54) is 6.42 Å². The van der Waals surface area contributed by atoms with Crippen LogP contribution in [0.5, 0.6) is 0 Å². The molecule has 0 aliphatic carbocycles. The Bertz CT molecular complexity index is 402.